The summed E-state index contributed by atoms with van der Waals surface area (Å²) in [7, 11) is 0. The van der Waals surface area contributed by atoms with Crippen molar-refractivity contribution in [1.29, 1.82) is 5.41 Å². The Hall–Kier alpha value is -3.35. The van der Waals surface area contributed by atoms with E-state index in [-0.39, 0.29) is 30.7 Å². The van der Waals surface area contributed by atoms with Gasteiger partial charge in [0.05, 0.1) is 13.0 Å². The normalized spacial score (nSPS) is 10.1. The number of nitrogens with two attached hydrogens (primary N) is 1. The molecular formula is C20H24N4O3. The van der Waals surface area contributed by atoms with Gasteiger partial charge in [0.1, 0.15) is 5.84 Å². The van der Waals surface area contributed by atoms with Crippen LogP contribution in [0.3, 0.4) is 0 Å². The highest BCUT2D eigenvalue weighted by molar-refractivity contribution is 5.95. The van der Waals surface area contributed by atoms with Crippen molar-refractivity contribution in [1.82, 2.24) is 5.32 Å². The van der Waals surface area contributed by atoms with E-state index in [1.807, 2.05) is 18.2 Å². The third kappa shape index (κ3) is 6.47. The van der Waals surface area contributed by atoms with Crippen molar-refractivity contribution >= 4 is 23.4 Å². The van der Waals surface area contributed by atoms with Gasteiger partial charge in [0.25, 0.3) is 5.91 Å². The summed E-state index contributed by atoms with van der Waals surface area (Å²) in [6.45, 7) is 2.88. The van der Waals surface area contributed by atoms with E-state index in [4.69, 9.17) is 15.9 Å². The molecule has 0 spiro atoms. The second-order valence-electron chi connectivity index (χ2n) is 5.86. The summed E-state index contributed by atoms with van der Waals surface area (Å²) in [6, 6.07) is 14.5. The smallest absolute Gasteiger partial charge is 0.307 e. The molecule has 2 aromatic carbocycles. The molecule has 0 saturated carbocycles. The summed E-state index contributed by atoms with van der Waals surface area (Å²) >= 11 is 0. The van der Waals surface area contributed by atoms with Crippen LogP contribution in [0.4, 0.5) is 5.69 Å². The average molecular weight is 368 g/mol. The quantitative estimate of drug-likeness (QED) is 0.308. The molecule has 0 saturated heterocycles. The number of amides is 1. The summed E-state index contributed by atoms with van der Waals surface area (Å²) in [5.41, 5.74) is 8.48. The van der Waals surface area contributed by atoms with Crippen LogP contribution in [0.15, 0.2) is 48.5 Å². The Labute approximate surface area is 158 Å². The van der Waals surface area contributed by atoms with Crippen molar-refractivity contribution in [2.45, 2.75) is 19.9 Å². The van der Waals surface area contributed by atoms with Crippen molar-refractivity contribution in [3.63, 3.8) is 0 Å². The molecule has 1 amide bonds. The first kappa shape index (κ1) is 20.0. The number of carbonyl (C=O) groups excluding carboxylic acids is 2. The van der Waals surface area contributed by atoms with Crippen LogP contribution in [0.1, 0.15) is 34.8 Å². The molecule has 2 aromatic rings. The van der Waals surface area contributed by atoms with Crippen molar-refractivity contribution in [2.24, 2.45) is 5.73 Å². The zero-order valence-corrected chi connectivity index (χ0v) is 15.2. The second kappa shape index (κ2) is 9.96. The molecule has 142 valence electrons. The number of rotatable bonds is 9. The molecule has 0 heterocycles. The van der Waals surface area contributed by atoms with E-state index in [9.17, 15) is 9.59 Å². The molecule has 0 bridgehead atoms. The minimum Gasteiger partial charge on any atom is -0.466 e. The van der Waals surface area contributed by atoms with E-state index < -0.39 is 0 Å². The number of anilines is 1. The highest BCUT2D eigenvalue weighted by Crippen LogP contribution is 2.13. The number of carbonyl (C=O) groups is 2. The fourth-order valence-electron chi connectivity index (χ4n) is 2.39. The lowest BCUT2D eigenvalue weighted by Gasteiger charge is -2.10. The maximum absolute atomic E-state index is 12.2. The van der Waals surface area contributed by atoms with Gasteiger partial charge in [0.15, 0.2) is 0 Å². The second-order valence-corrected chi connectivity index (χ2v) is 5.86. The summed E-state index contributed by atoms with van der Waals surface area (Å²) in [5.74, 6) is -0.533. The monoisotopic (exact) mass is 368 g/mol. The Kier molecular flexibility index (Phi) is 7.37. The highest BCUT2D eigenvalue weighted by Gasteiger charge is 2.08. The molecule has 0 aliphatic rings. The lowest BCUT2D eigenvalue weighted by atomic mass is 10.1. The standard InChI is InChI=1S/C20H24N4O3/c1-2-27-18(25)10-11-23-20(26)16-4-3-5-17(12-16)24-13-14-6-8-15(9-7-14)19(21)22/h3-9,12,24H,2,10-11,13H2,1H3,(H3,21,22)(H,23,26). The zero-order valence-electron chi connectivity index (χ0n) is 15.2. The molecule has 7 nitrogen and oxygen atoms in total. The minimum absolute atomic E-state index is 0.0381. The summed E-state index contributed by atoms with van der Waals surface area (Å²) in [5, 5.41) is 13.4. The van der Waals surface area contributed by atoms with Crippen LogP contribution < -0.4 is 16.4 Å². The van der Waals surface area contributed by atoms with Crippen molar-refractivity contribution in [2.75, 3.05) is 18.5 Å². The van der Waals surface area contributed by atoms with Gasteiger partial charge in [-0.2, -0.15) is 0 Å². The van der Waals surface area contributed by atoms with Crippen molar-refractivity contribution < 1.29 is 14.3 Å². The number of hydrogen-bond acceptors (Lipinski definition) is 5. The van der Waals surface area contributed by atoms with E-state index in [0.29, 0.717) is 24.3 Å². The van der Waals surface area contributed by atoms with Crippen LogP contribution in [-0.2, 0) is 16.1 Å². The van der Waals surface area contributed by atoms with Gasteiger partial charge in [0.2, 0.25) is 0 Å². The predicted molar refractivity (Wildman–Crippen MR) is 105 cm³/mol. The van der Waals surface area contributed by atoms with Crippen molar-refractivity contribution in [3.8, 4) is 0 Å². The third-order valence-electron chi connectivity index (χ3n) is 3.81. The van der Waals surface area contributed by atoms with Crippen LogP contribution >= 0.6 is 0 Å². The summed E-state index contributed by atoms with van der Waals surface area (Å²) in [6.07, 6.45) is 0.147. The Balaban J connectivity index is 1.87. The molecule has 0 unspecified atom stereocenters. The molecule has 5 N–H and O–H groups in total. The lowest BCUT2D eigenvalue weighted by Crippen LogP contribution is -2.26. The maximum atomic E-state index is 12.2. The Morgan fingerprint density at radius 2 is 1.85 bits per heavy atom. The topological polar surface area (TPSA) is 117 Å². The first-order valence-electron chi connectivity index (χ1n) is 8.70. The van der Waals surface area contributed by atoms with Crippen molar-refractivity contribution in [3.05, 3.63) is 65.2 Å². The molecule has 7 heteroatoms. The third-order valence-corrected chi connectivity index (χ3v) is 3.81. The molecule has 0 atom stereocenters. The number of amidine groups is 1. The number of hydrogen-bond donors (Lipinski definition) is 4. The molecule has 27 heavy (non-hydrogen) atoms. The van der Waals surface area contributed by atoms with E-state index in [1.165, 1.54) is 0 Å². The van der Waals surface area contributed by atoms with Crippen LogP contribution in [0.2, 0.25) is 0 Å². The molecule has 2 rings (SSSR count). The van der Waals surface area contributed by atoms with Gasteiger partial charge >= 0.3 is 5.97 Å². The molecule has 0 fully saturated rings. The molecule has 0 aliphatic carbocycles. The fraction of sp³-hybridized carbons (Fsp3) is 0.250. The zero-order chi connectivity index (χ0) is 19.6. The van der Waals surface area contributed by atoms with Gasteiger partial charge in [-0.3, -0.25) is 15.0 Å². The highest BCUT2D eigenvalue weighted by atomic mass is 16.5. The van der Waals surface area contributed by atoms with E-state index in [0.717, 1.165) is 11.3 Å². The molecule has 0 aliphatic heterocycles. The van der Waals surface area contributed by atoms with Gasteiger partial charge in [-0.25, -0.2) is 0 Å². The fourth-order valence-corrected chi connectivity index (χ4v) is 2.39. The van der Waals surface area contributed by atoms with Gasteiger partial charge in [-0.1, -0.05) is 30.3 Å². The van der Waals surface area contributed by atoms with Gasteiger partial charge in [-0.15, -0.1) is 0 Å². The van der Waals surface area contributed by atoms with Crippen LogP contribution in [0.5, 0.6) is 0 Å². The Bertz CT molecular complexity index is 803. The van der Waals surface area contributed by atoms with Gasteiger partial charge < -0.3 is 21.1 Å². The van der Waals surface area contributed by atoms with Gasteiger partial charge in [-0.05, 0) is 30.7 Å². The number of nitrogen functional groups attached to an aromatic ring is 1. The number of nitrogens with one attached hydrogen (secondary N) is 3. The Morgan fingerprint density at radius 1 is 1.11 bits per heavy atom. The first-order valence-corrected chi connectivity index (χ1v) is 8.70. The number of benzene rings is 2. The first-order chi connectivity index (χ1) is 13.0. The maximum Gasteiger partial charge on any atom is 0.307 e. The molecule has 0 aromatic heterocycles. The SMILES string of the molecule is CCOC(=O)CCNC(=O)c1cccc(NCc2ccc(C(=N)N)cc2)c1. The summed E-state index contributed by atoms with van der Waals surface area (Å²) in [4.78, 5) is 23.5. The van der Waals surface area contributed by atoms with Gasteiger partial charge in [0, 0.05) is 29.9 Å². The average Bonchev–Trinajstić information content (AvgIpc) is 2.67. The lowest BCUT2D eigenvalue weighted by molar-refractivity contribution is -0.142. The Morgan fingerprint density at radius 3 is 2.52 bits per heavy atom. The van der Waals surface area contributed by atoms with E-state index in [2.05, 4.69) is 10.6 Å². The minimum atomic E-state index is -0.330. The summed E-state index contributed by atoms with van der Waals surface area (Å²) < 4.78 is 4.82. The van der Waals surface area contributed by atoms with Crippen LogP contribution in [0.25, 0.3) is 0 Å². The number of esters is 1. The van der Waals surface area contributed by atoms with Crippen LogP contribution in [0, 0.1) is 5.41 Å². The molecule has 0 radical (unpaired) electrons. The predicted octanol–water partition coefficient (Wildman–Crippen LogP) is 2.27. The molecular weight excluding hydrogens is 344 g/mol. The van der Waals surface area contributed by atoms with Crippen LogP contribution in [-0.4, -0.2) is 30.9 Å². The largest absolute Gasteiger partial charge is 0.466 e. The van der Waals surface area contributed by atoms with E-state index >= 15 is 0 Å². The van der Waals surface area contributed by atoms with E-state index in [1.54, 1.807) is 37.3 Å². The number of ether oxygens (including phenoxy) is 1.